The summed E-state index contributed by atoms with van der Waals surface area (Å²) in [6.45, 7) is 18.1. The summed E-state index contributed by atoms with van der Waals surface area (Å²) >= 11 is 14.7. The fourth-order valence-corrected chi connectivity index (χ4v) is 8.72. The molecule has 0 saturated carbocycles. The van der Waals surface area contributed by atoms with Crippen LogP contribution in [0.2, 0.25) is 0 Å². The average molecular weight is 1170 g/mol. The van der Waals surface area contributed by atoms with Crippen molar-refractivity contribution in [3.05, 3.63) is 142 Å². The van der Waals surface area contributed by atoms with Gasteiger partial charge in [0, 0.05) is 94.8 Å². The van der Waals surface area contributed by atoms with Gasteiger partial charge in [0.15, 0.2) is 11.6 Å². The zero-order chi connectivity index (χ0) is 58.0. The van der Waals surface area contributed by atoms with Crippen LogP contribution in [0.25, 0.3) is 26.8 Å². The topological polar surface area (TPSA) is 224 Å². The number of benzene rings is 3. The Morgan fingerprint density at radius 2 is 0.951 bits per heavy atom. The molecular formula is C51H54F4N18O5S3. The molecule has 3 fully saturated rings. The first-order valence-corrected chi connectivity index (χ1v) is 26.1. The summed E-state index contributed by atoms with van der Waals surface area (Å²) in [6, 6.07) is 12.2. The van der Waals surface area contributed by atoms with Gasteiger partial charge in [-0.25, -0.2) is 31.6 Å². The number of ketones is 1. The number of anilines is 3. The molecule has 424 valence electrons. The number of Topliss-reactive ketones (excluding diaryl/α,β-unsaturated/α-hetero) is 1. The molecule has 30 heteroatoms. The van der Waals surface area contributed by atoms with E-state index in [2.05, 4.69) is 61.7 Å². The lowest BCUT2D eigenvalue weighted by molar-refractivity contribution is -0.119. The molecule has 3 aromatic carbocycles. The van der Waals surface area contributed by atoms with Crippen LogP contribution in [0.5, 0.6) is 0 Å². The number of halogens is 4. The minimum absolute atomic E-state index is 0.107. The Hall–Kier alpha value is -8.87. The van der Waals surface area contributed by atoms with Gasteiger partial charge in [0.1, 0.15) is 53.3 Å². The second-order valence-corrected chi connectivity index (χ2v) is 19.0. The van der Waals surface area contributed by atoms with Gasteiger partial charge in [-0.05, 0) is 73.8 Å². The summed E-state index contributed by atoms with van der Waals surface area (Å²) in [5, 5.41) is 45.2. The molecule has 3 aliphatic heterocycles. The molecule has 23 nitrogen and oxygen atoms in total. The first-order chi connectivity index (χ1) is 39.1. The molecule has 0 spiro atoms. The normalized spacial score (nSPS) is 14.0. The molecule has 9 rings (SSSR count). The van der Waals surface area contributed by atoms with E-state index in [4.69, 9.17) is 69.2 Å². The SMILES string of the molecule is COC(=S)NCc1cn(-c2cc(F)c(N3CCC(=O)CC3)c(F)c2)nn1.COC(=S)NCc1cn(-c2ccc(N3CCC(=NO)CC3)c(F)c2)nn1.[C-]#[N+]C([N+]#[C-])=C1CCN(c2ccc(-n3cc(CNC(=S)OC)nn3)cc2F)CC1. The lowest BCUT2D eigenvalue weighted by Gasteiger charge is -2.30. The Kier molecular flexibility index (Phi) is 21.3. The Bertz CT molecular complexity index is 3330. The summed E-state index contributed by atoms with van der Waals surface area (Å²) in [4.78, 5) is 23.3. The van der Waals surface area contributed by atoms with Crippen LogP contribution in [-0.4, -0.2) is 138 Å². The Morgan fingerprint density at radius 1 is 0.580 bits per heavy atom. The molecule has 0 aliphatic carbocycles. The van der Waals surface area contributed by atoms with E-state index in [0.717, 1.165) is 11.3 Å². The van der Waals surface area contributed by atoms with Crippen molar-refractivity contribution in [2.45, 2.75) is 58.2 Å². The van der Waals surface area contributed by atoms with E-state index in [1.54, 1.807) is 47.8 Å². The number of nitrogens with zero attached hydrogens (tertiary/aromatic N) is 15. The second kappa shape index (κ2) is 28.8. The van der Waals surface area contributed by atoms with Gasteiger partial charge < -0.3 is 50.1 Å². The number of rotatable bonds is 12. The summed E-state index contributed by atoms with van der Waals surface area (Å²) in [6.07, 6.45) is 7.94. The van der Waals surface area contributed by atoms with Gasteiger partial charge in [0.05, 0.1) is 93.7 Å². The van der Waals surface area contributed by atoms with Crippen molar-refractivity contribution >= 4 is 80.7 Å². The third-order valence-electron chi connectivity index (χ3n) is 12.8. The molecular weight excluding hydrogens is 1120 g/mol. The number of oxime groups is 1. The number of piperidine rings is 3. The Balaban J connectivity index is 0.000000176. The van der Waals surface area contributed by atoms with E-state index < -0.39 is 11.6 Å². The zero-order valence-corrected chi connectivity index (χ0v) is 46.4. The molecule has 4 N–H and O–H groups in total. The van der Waals surface area contributed by atoms with Crippen molar-refractivity contribution in [2.75, 3.05) is 75.3 Å². The highest BCUT2D eigenvalue weighted by molar-refractivity contribution is 7.80. The predicted molar refractivity (Wildman–Crippen MR) is 302 cm³/mol. The van der Waals surface area contributed by atoms with Crippen molar-refractivity contribution in [1.82, 2.24) is 60.9 Å². The van der Waals surface area contributed by atoms with E-state index in [-0.39, 0.29) is 56.7 Å². The minimum atomic E-state index is -0.704. The van der Waals surface area contributed by atoms with Crippen molar-refractivity contribution in [1.29, 1.82) is 0 Å². The monoisotopic (exact) mass is 1170 g/mol. The van der Waals surface area contributed by atoms with Crippen LogP contribution in [0.4, 0.5) is 34.6 Å². The molecule has 3 aliphatic rings. The summed E-state index contributed by atoms with van der Waals surface area (Å²) in [5.74, 6) is -1.85. The number of carbonyl (C=O) groups is 1. The van der Waals surface area contributed by atoms with Crippen molar-refractivity contribution < 1.29 is 41.8 Å². The van der Waals surface area contributed by atoms with E-state index >= 15 is 0 Å². The van der Waals surface area contributed by atoms with Crippen LogP contribution in [0.15, 0.2) is 83.7 Å². The number of ether oxygens (including phenoxy) is 3. The highest BCUT2D eigenvalue weighted by Gasteiger charge is 2.26. The molecule has 0 bridgehead atoms. The number of aromatic nitrogens is 9. The smallest absolute Gasteiger partial charge is 0.474 e. The average Bonchev–Trinajstić information content (AvgIpc) is 4.30. The number of thiocarbonyl (C=S) groups is 3. The maximum absolute atomic E-state index is 14.8. The molecule has 0 amide bonds. The number of carbonyl (C=O) groups excluding carboxylic acids is 1. The number of hydrogen-bond acceptors (Lipinski definition) is 18. The Morgan fingerprint density at radius 3 is 1.32 bits per heavy atom. The van der Waals surface area contributed by atoms with Crippen LogP contribution >= 0.6 is 36.7 Å². The highest BCUT2D eigenvalue weighted by Crippen LogP contribution is 2.31. The maximum atomic E-state index is 14.8. The van der Waals surface area contributed by atoms with Gasteiger partial charge in [0.25, 0.3) is 15.5 Å². The first-order valence-electron chi connectivity index (χ1n) is 24.9. The van der Waals surface area contributed by atoms with Crippen molar-refractivity contribution in [3.8, 4) is 17.1 Å². The van der Waals surface area contributed by atoms with Crippen LogP contribution in [0, 0.1) is 36.4 Å². The van der Waals surface area contributed by atoms with Crippen LogP contribution < -0.4 is 30.7 Å². The van der Waals surface area contributed by atoms with E-state index in [0.29, 0.717) is 131 Å². The maximum Gasteiger partial charge on any atom is 0.518 e. The Labute approximate surface area is 478 Å². The minimum Gasteiger partial charge on any atom is -0.474 e. The number of methoxy groups -OCH3 is 3. The molecule has 6 heterocycles. The van der Waals surface area contributed by atoms with Crippen LogP contribution in [0.3, 0.4) is 0 Å². The van der Waals surface area contributed by atoms with Gasteiger partial charge in [-0.2, -0.15) is 9.69 Å². The lowest BCUT2D eigenvalue weighted by atomic mass is 10.0. The van der Waals surface area contributed by atoms with Gasteiger partial charge >= 0.3 is 5.82 Å². The van der Waals surface area contributed by atoms with Crippen LogP contribution in [0.1, 0.15) is 55.6 Å². The van der Waals surface area contributed by atoms with Gasteiger partial charge in [-0.3, -0.25) is 4.79 Å². The van der Waals surface area contributed by atoms with E-state index in [9.17, 15) is 22.4 Å². The quantitative estimate of drug-likeness (QED) is 0.0330. The van der Waals surface area contributed by atoms with Gasteiger partial charge in [0.2, 0.25) is 0 Å². The standard InChI is InChI=1S/C19H18FN7OS.C16H17F2N5O2S.C16H19FN6O2S/c1-21-18(22-2)13-6-8-26(9-7-13)17-5-4-15(10-16(17)20)27-12-14(24-25-27)11-23-19(29)28-3;1-25-16(26)19-8-10-9-23(21-20-10)11-6-13(17)15(14(18)7-11)22-4-2-12(24)3-5-22;1-25-16(26)18-9-12-10-23(21-19-12)13-2-3-15(14(17)8-13)22-6-4-11(20-24)5-7-22/h4-5,10,12H,6-9,11H2,3H3,(H,23,29);6-7,9H,2-5,8H2,1H3,(H,19,26);2-3,8,10,24H,4-7,9H2,1H3,(H,18,26). The highest BCUT2D eigenvalue weighted by atomic mass is 32.1. The summed E-state index contributed by atoms with van der Waals surface area (Å²) in [5.41, 5.74) is 5.66. The van der Waals surface area contributed by atoms with E-state index in [1.165, 1.54) is 59.6 Å². The summed E-state index contributed by atoms with van der Waals surface area (Å²) < 4.78 is 77.2. The van der Waals surface area contributed by atoms with Gasteiger partial charge in [-0.15, -0.1) is 15.3 Å². The largest absolute Gasteiger partial charge is 0.518 e. The third-order valence-corrected chi connectivity index (χ3v) is 13.7. The molecule has 3 aromatic heterocycles. The molecule has 0 unspecified atom stereocenters. The molecule has 6 aromatic rings. The predicted octanol–water partition coefficient (Wildman–Crippen LogP) is 6.67. The molecule has 81 heavy (non-hydrogen) atoms. The fraction of sp³-hybridized carbons (Fsp3) is 0.353. The first kappa shape index (κ1) is 59.8. The second-order valence-electron chi connectivity index (χ2n) is 17.8. The van der Waals surface area contributed by atoms with E-state index in [1.807, 2.05) is 9.80 Å². The van der Waals surface area contributed by atoms with Gasteiger partial charge in [-0.1, -0.05) is 20.8 Å². The third kappa shape index (κ3) is 16.1. The molecule has 0 atom stereocenters. The van der Waals surface area contributed by atoms with Crippen LogP contribution in [-0.2, 0) is 38.6 Å². The van der Waals surface area contributed by atoms with Crippen molar-refractivity contribution in [2.24, 2.45) is 5.16 Å². The summed E-state index contributed by atoms with van der Waals surface area (Å²) in [7, 11) is 4.40. The number of hydrogen-bond donors (Lipinski definition) is 4. The van der Waals surface area contributed by atoms with Crippen molar-refractivity contribution in [3.63, 3.8) is 0 Å². The lowest BCUT2D eigenvalue weighted by Crippen LogP contribution is -2.35. The zero-order valence-electron chi connectivity index (χ0n) is 44.0. The number of nitrogens with one attached hydrogen (secondary N) is 3. The molecule has 3 saturated heterocycles. The fourth-order valence-electron chi connectivity index (χ4n) is 8.51. The molecule has 0 radical (unpaired) electrons.